The second-order valence-corrected chi connectivity index (χ2v) is 5.71. The van der Waals surface area contributed by atoms with E-state index in [0.29, 0.717) is 11.8 Å². The molecule has 0 saturated heterocycles. The molecule has 1 amide bonds. The van der Waals surface area contributed by atoms with Crippen LogP contribution in [0.1, 0.15) is 52.4 Å². The van der Waals surface area contributed by atoms with Crippen molar-refractivity contribution in [3.63, 3.8) is 0 Å². The van der Waals surface area contributed by atoms with Gasteiger partial charge >= 0.3 is 5.97 Å². The van der Waals surface area contributed by atoms with E-state index in [0.717, 1.165) is 6.42 Å². The number of carbonyl (C=O) groups excluding carboxylic acids is 2. The van der Waals surface area contributed by atoms with Gasteiger partial charge in [0, 0.05) is 6.92 Å². The first kappa shape index (κ1) is 15.7. The zero-order valence-corrected chi connectivity index (χ0v) is 12.2. The fourth-order valence-electron chi connectivity index (χ4n) is 2.63. The highest BCUT2D eigenvalue weighted by atomic mass is 16.5. The molecule has 1 fully saturated rings. The Balaban J connectivity index is 2.42. The maximum absolute atomic E-state index is 11.5. The molecule has 0 aromatic carbocycles. The smallest absolute Gasteiger partial charge is 0.328 e. The summed E-state index contributed by atoms with van der Waals surface area (Å²) in [6, 6.07) is -0.574. The van der Waals surface area contributed by atoms with Gasteiger partial charge in [-0.25, -0.2) is 4.79 Å². The number of amides is 1. The van der Waals surface area contributed by atoms with Crippen LogP contribution in [-0.4, -0.2) is 25.0 Å². The van der Waals surface area contributed by atoms with Crippen molar-refractivity contribution in [3.8, 4) is 0 Å². The Hall–Kier alpha value is -1.32. The van der Waals surface area contributed by atoms with Crippen molar-refractivity contribution in [1.29, 1.82) is 0 Å². The number of rotatable bonds is 6. The average Bonchev–Trinajstić information content (AvgIpc) is 2.79. The van der Waals surface area contributed by atoms with Crippen LogP contribution in [0.4, 0.5) is 0 Å². The molecule has 0 radical (unpaired) electrons. The van der Waals surface area contributed by atoms with Crippen LogP contribution in [0, 0.1) is 5.41 Å². The summed E-state index contributed by atoms with van der Waals surface area (Å²) in [5.74, 6) is -0.613. The van der Waals surface area contributed by atoms with Crippen LogP contribution in [0.2, 0.25) is 0 Å². The van der Waals surface area contributed by atoms with Crippen molar-refractivity contribution in [1.82, 2.24) is 5.32 Å². The molecular formula is C15H25NO3. The molecule has 108 valence electrons. The summed E-state index contributed by atoms with van der Waals surface area (Å²) in [6.45, 7) is 3.72. The van der Waals surface area contributed by atoms with Gasteiger partial charge in [-0.1, -0.05) is 31.9 Å². The first-order chi connectivity index (χ1) is 8.97. The van der Waals surface area contributed by atoms with Gasteiger partial charge in [0.25, 0.3) is 0 Å². The lowest BCUT2D eigenvalue weighted by atomic mass is 9.85. The van der Waals surface area contributed by atoms with Gasteiger partial charge in [-0.15, -0.1) is 0 Å². The van der Waals surface area contributed by atoms with E-state index in [1.165, 1.54) is 39.7 Å². The van der Waals surface area contributed by atoms with E-state index < -0.39 is 12.0 Å². The third-order valence-corrected chi connectivity index (χ3v) is 3.82. The first-order valence-electron chi connectivity index (χ1n) is 6.97. The van der Waals surface area contributed by atoms with Crippen LogP contribution >= 0.6 is 0 Å². The quantitative estimate of drug-likeness (QED) is 0.594. The van der Waals surface area contributed by atoms with Crippen LogP contribution in [0.25, 0.3) is 0 Å². The van der Waals surface area contributed by atoms with E-state index in [9.17, 15) is 9.59 Å². The molecule has 0 unspecified atom stereocenters. The minimum atomic E-state index is -0.574. The molecule has 0 aromatic heterocycles. The molecule has 0 bridgehead atoms. The number of hydrogen-bond acceptors (Lipinski definition) is 3. The van der Waals surface area contributed by atoms with E-state index in [1.54, 1.807) is 0 Å². The summed E-state index contributed by atoms with van der Waals surface area (Å²) in [7, 11) is 1.33. The predicted octanol–water partition coefficient (Wildman–Crippen LogP) is 2.58. The molecule has 4 nitrogen and oxygen atoms in total. The minimum Gasteiger partial charge on any atom is -0.467 e. The lowest BCUT2D eigenvalue weighted by Crippen LogP contribution is -2.39. The Labute approximate surface area is 115 Å². The van der Waals surface area contributed by atoms with Crippen LogP contribution in [0.15, 0.2) is 12.2 Å². The van der Waals surface area contributed by atoms with Gasteiger partial charge in [0.05, 0.1) is 7.11 Å². The molecule has 0 heterocycles. The lowest BCUT2D eigenvalue weighted by molar-refractivity contribution is -0.144. The third kappa shape index (κ3) is 5.45. The largest absolute Gasteiger partial charge is 0.467 e. The Morgan fingerprint density at radius 3 is 2.47 bits per heavy atom. The summed E-state index contributed by atoms with van der Waals surface area (Å²) in [5.41, 5.74) is 0.422. The van der Waals surface area contributed by atoms with E-state index in [-0.39, 0.29) is 5.91 Å². The van der Waals surface area contributed by atoms with Gasteiger partial charge in [-0.2, -0.15) is 0 Å². The second kappa shape index (κ2) is 7.31. The highest BCUT2D eigenvalue weighted by Gasteiger charge is 2.27. The molecule has 0 aromatic rings. The second-order valence-electron chi connectivity index (χ2n) is 5.71. The predicted molar refractivity (Wildman–Crippen MR) is 74.6 cm³/mol. The van der Waals surface area contributed by atoms with E-state index in [1.807, 2.05) is 6.08 Å². The lowest BCUT2D eigenvalue weighted by Gasteiger charge is -2.21. The average molecular weight is 267 g/mol. The maximum atomic E-state index is 11.5. The van der Waals surface area contributed by atoms with Gasteiger partial charge in [-0.05, 0) is 31.1 Å². The topological polar surface area (TPSA) is 55.4 Å². The van der Waals surface area contributed by atoms with Gasteiger partial charge in [0.15, 0.2) is 0 Å². The Morgan fingerprint density at radius 2 is 1.95 bits per heavy atom. The number of nitrogens with one attached hydrogen (secondary N) is 1. The Morgan fingerprint density at radius 1 is 1.32 bits per heavy atom. The first-order valence-corrected chi connectivity index (χ1v) is 6.97. The summed E-state index contributed by atoms with van der Waals surface area (Å²) in [5, 5.41) is 2.60. The van der Waals surface area contributed by atoms with Crippen molar-refractivity contribution in [2.45, 2.75) is 58.4 Å². The van der Waals surface area contributed by atoms with E-state index in [4.69, 9.17) is 0 Å². The van der Waals surface area contributed by atoms with Gasteiger partial charge in [0.1, 0.15) is 6.04 Å². The fourth-order valence-corrected chi connectivity index (χ4v) is 2.63. The van der Waals surface area contributed by atoms with E-state index in [2.05, 4.69) is 23.1 Å². The molecule has 1 aliphatic rings. The normalized spacial score (nSPS) is 19.3. The van der Waals surface area contributed by atoms with Gasteiger partial charge in [0.2, 0.25) is 5.91 Å². The van der Waals surface area contributed by atoms with Crippen LogP contribution in [-0.2, 0) is 14.3 Å². The number of esters is 1. The minimum absolute atomic E-state index is 0.216. The molecule has 0 spiro atoms. The molecule has 1 aliphatic carbocycles. The standard InChI is InChI=1S/C15H25NO3/c1-12(17)16-13(14(18)19-3)8-4-5-9-15(2)10-6-7-11-15/h4-5,13H,6-11H2,1-3H3,(H,16,17)/t13-/m0/s1. The summed E-state index contributed by atoms with van der Waals surface area (Å²) in [4.78, 5) is 22.5. The Kier molecular flexibility index (Phi) is 6.06. The van der Waals surface area contributed by atoms with Crippen LogP contribution < -0.4 is 5.32 Å². The summed E-state index contributed by atoms with van der Waals surface area (Å²) >= 11 is 0. The van der Waals surface area contributed by atoms with Gasteiger partial charge < -0.3 is 10.1 Å². The molecule has 1 N–H and O–H groups in total. The third-order valence-electron chi connectivity index (χ3n) is 3.82. The summed E-state index contributed by atoms with van der Waals surface area (Å²) < 4.78 is 4.68. The number of methoxy groups -OCH3 is 1. The number of hydrogen-bond donors (Lipinski definition) is 1. The van der Waals surface area contributed by atoms with Crippen molar-refractivity contribution in [2.75, 3.05) is 7.11 Å². The summed E-state index contributed by atoms with van der Waals surface area (Å²) in [6.07, 6.45) is 10.8. The van der Waals surface area contributed by atoms with Crippen LogP contribution in [0.5, 0.6) is 0 Å². The van der Waals surface area contributed by atoms with Crippen molar-refractivity contribution in [3.05, 3.63) is 12.2 Å². The highest BCUT2D eigenvalue weighted by molar-refractivity contribution is 5.83. The zero-order chi connectivity index (χ0) is 14.3. The monoisotopic (exact) mass is 267 g/mol. The van der Waals surface area contributed by atoms with Crippen molar-refractivity contribution in [2.24, 2.45) is 5.41 Å². The number of ether oxygens (including phenoxy) is 1. The molecule has 4 heteroatoms. The molecule has 1 saturated carbocycles. The fraction of sp³-hybridized carbons (Fsp3) is 0.733. The zero-order valence-electron chi connectivity index (χ0n) is 12.2. The molecule has 19 heavy (non-hydrogen) atoms. The van der Waals surface area contributed by atoms with E-state index >= 15 is 0 Å². The Bertz CT molecular complexity index is 343. The number of carbonyl (C=O) groups is 2. The molecule has 1 rings (SSSR count). The van der Waals surface area contributed by atoms with Crippen LogP contribution in [0.3, 0.4) is 0 Å². The highest BCUT2D eigenvalue weighted by Crippen LogP contribution is 2.40. The molecular weight excluding hydrogens is 242 g/mol. The molecule has 1 atom stereocenters. The maximum Gasteiger partial charge on any atom is 0.328 e. The SMILES string of the molecule is COC(=O)[C@H](CC=CCC1(C)CCCC1)NC(C)=O. The molecule has 0 aliphatic heterocycles. The van der Waals surface area contributed by atoms with Crippen molar-refractivity contribution < 1.29 is 14.3 Å². The van der Waals surface area contributed by atoms with Crippen molar-refractivity contribution >= 4 is 11.9 Å². The number of allylic oxidation sites excluding steroid dienone is 1. The van der Waals surface area contributed by atoms with Gasteiger partial charge in [-0.3, -0.25) is 4.79 Å².